The van der Waals surface area contributed by atoms with Crippen molar-refractivity contribution >= 4 is 11.8 Å². The molecule has 0 aromatic heterocycles. The molecule has 5 nitrogen and oxygen atoms in total. The second-order valence-electron chi connectivity index (χ2n) is 3.93. The van der Waals surface area contributed by atoms with E-state index >= 15 is 0 Å². The quantitative estimate of drug-likeness (QED) is 0.622. The van der Waals surface area contributed by atoms with Gasteiger partial charge in [-0.2, -0.15) is 0 Å². The lowest BCUT2D eigenvalue weighted by atomic mass is 10.0. The van der Waals surface area contributed by atoms with Crippen molar-refractivity contribution in [1.29, 1.82) is 0 Å². The highest BCUT2D eigenvalue weighted by molar-refractivity contribution is 6.00. The van der Waals surface area contributed by atoms with E-state index in [2.05, 4.69) is 4.74 Å². The van der Waals surface area contributed by atoms with E-state index in [-0.39, 0.29) is 24.2 Å². The number of Topliss-reactive ketones (excluding diaryl/α,β-unsaturated/α-hetero) is 1. The van der Waals surface area contributed by atoms with E-state index in [0.29, 0.717) is 0 Å². The monoisotopic (exact) mass is 269 g/mol. The number of nitrogens with two attached hydrogens (primary N) is 1. The SMILES string of the molecule is COC(=O)CCC(N)C(=O)c1ccc(OC)c(F)c1. The average molecular weight is 269 g/mol. The molecule has 1 aromatic rings. The first-order valence-corrected chi connectivity index (χ1v) is 5.69. The van der Waals surface area contributed by atoms with Crippen molar-refractivity contribution in [2.75, 3.05) is 14.2 Å². The molecular weight excluding hydrogens is 253 g/mol. The maximum atomic E-state index is 13.5. The van der Waals surface area contributed by atoms with Crippen LogP contribution in [0.4, 0.5) is 4.39 Å². The molecular formula is C13H16FNO4. The highest BCUT2D eigenvalue weighted by Crippen LogP contribution is 2.19. The minimum absolute atomic E-state index is 0.0437. The Morgan fingerprint density at radius 3 is 2.58 bits per heavy atom. The smallest absolute Gasteiger partial charge is 0.305 e. The Balaban J connectivity index is 2.71. The first-order valence-electron chi connectivity index (χ1n) is 5.69. The summed E-state index contributed by atoms with van der Waals surface area (Å²) in [5.74, 6) is -1.44. The fourth-order valence-electron chi connectivity index (χ4n) is 1.54. The van der Waals surface area contributed by atoms with Crippen LogP contribution < -0.4 is 10.5 Å². The number of hydrogen-bond donors (Lipinski definition) is 1. The molecule has 104 valence electrons. The van der Waals surface area contributed by atoms with Gasteiger partial charge in [0.1, 0.15) is 0 Å². The molecule has 0 bridgehead atoms. The Bertz CT molecular complexity index is 476. The number of carbonyl (C=O) groups is 2. The molecule has 0 spiro atoms. The van der Waals surface area contributed by atoms with Crippen LogP contribution in [-0.4, -0.2) is 32.0 Å². The summed E-state index contributed by atoms with van der Waals surface area (Å²) in [5.41, 5.74) is 5.81. The van der Waals surface area contributed by atoms with Gasteiger partial charge in [-0.15, -0.1) is 0 Å². The van der Waals surface area contributed by atoms with Crippen LogP contribution in [0.25, 0.3) is 0 Å². The summed E-state index contributed by atoms with van der Waals surface area (Å²) in [5, 5.41) is 0. The van der Waals surface area contributed by atoms with E-state index < -0.39 is 23.6 Å². The molecule has 0 saturated heterocycles. The van der Waals surface area contributed by atoms with E-state index in [1.54, 1.807) is 0 Å². The summed E-state index contributed by atoms with van der Waals surface area (Å²) in [6, 6.07) is 2.99. The van der Waals surface area contributed by atoms with Crippen molar-refractivity contribution in [3.05, 3.63) is 29.6 Å². The van der Waals surface area contributed by atoms with Crippen LogP contribution >= 0.6 is 0 Å². The highest BCUT2D eigenvalue weighted by Gasteiger charge is 2.18. The van der Waals surface area contributed by atoms with Gasteiger partial charge in [0.15, 0.2) is 17.3 Å². The Hall–Kier alpha value is -1.95. The number of ketones is 1. The number of methoxy groups -OCH3 is 2. The zero-order chi connectivity index (χ0) is 14.4. The van der Waals surface area contributed by atoms with Crippen molar-refractivity contribution in [1.82, 2.24) is 0 Å². The molecule has 0 aliphatic carbocycles. The number of rotatable bonds is 6. The number of hydrogen-bond acceptors (Lipinski definition) is 5. The fourth-order valence-corrected chi connectivity index (χ4v) is 1.54. The normalized spacial score (nSPS) is 11.8. The largest absolute Gasteiger partial charge is 0.494 e. The molecule has 19 heavy (non-hydrogen) atoms. The van der Waals surface area contributed by atoms with E-state index in [9.17, 15) is 14.0 Å². The van der Waals surface area contributed by atoms with Gasteiger partial charge >= 0.3 is 5.97 Å². The Kier molecular flexibility index (Phi) is 5.44. The second-order valence-corrected chi connectivity index (χ2v) is 3.93. The second kappa shape index (κ2) is 6.84. The maximum Gasteiger partial charge on any atom is 0.305 e. The van der Waals surface area contributed by atoms with Gasteiger partial charge < -0.3 is 15.2 Å². The van der Waals surface area contributed by atoms with Gasteiger partial charge in [0, 0.05) is 12.0 Å². The fraction of sp³-hybridized carbons (Fsp3) is 0.385. The topological polar surface area (TPSA) is 78.6 Å². The third kappa shape index (κ3) is 4.03. The van der Waals surface area contributed by atoms with Crippen molar-refractivity contribution in [2.45, 2.75) is 18.9 Å². The molecule has 1 aromatic carbocycles. The van der Waals surface area contributed by atoms with Crippen LogP contribution in [-0.2, 0) is 9.53 Å². The van der Waals surface area contributed by atoms with Crippen LogP contribution in [0, 0.1) is 5.82 Å². The van der Waals surface area contributed by atoms with Crippen LogP contribution in [0.15, 0.2) is 18.2 Å². The lowest BCUT2D eigenvalue weighted by molar-refractivity contribution is -0.140. The van der Waals surface area contributed by atoms with E-state index in [4.69, 9.17) is 10.5 Å². The molecule has 0 heterocycles. The highest BCUT2D eigenvalue weighted by atomic mass is 19.1. The number of carbonyl (C=O) groups excluding carboxylic acids is 2. The van der Waals surface area contributed by atoms with Gasteiger partial charge in [0.2, 0.25) is 0 Å². The molecule has 6 heteroatoms. The lowest BCUT2D eigenvalue weighted by Crippen LogP contribution is -2.31. The summed E-state index contributed by atoms with van der Waals surface area (Å²) in [6.07, 6.45) is 0.196. The first-order chi connectivity index (χ1) is 8.99. The van der Waals surface area contributed by atoms with E-state index in [1.807, 2.05) is 0 Å². The molecule has 0 aliphatic heterocycles. The molecule has 0 radical (unpaired) electrons. The minimum atomic E-state index is -0.869. The summed E-state index contributed by atoms with van der Waals surface area (Å²) in [4.78, 5) is 22.9. The van der Waals surface area contributed by atoms with E-state index in [1.165, 1.54) is 26.4 Å². The average Bonchev–Trinajstić information content (AvgIpc) is 2.43. The third-order valence-corrected chi connectivity index (χ3v) is 2.66. The molecule has 0 amide bonds. The van der Waals surface area contributed by atoms with Crippen molar-refractivity contribution in [3.8, 4) is 5.75 Å². The molecule has 2 N–H and O–H groups in total. The van der Waals surface area contributed by atoms with Crippen LogP contribution in [0.3, 0.4) is 0 Å². The summed E-state index contributed by atoms with van der Waals surface area (Å²) in [6.45, 7) is 0. The van der Waals surface area contributed by atoms with Gasteiger partial charge in [-0.1, -0.05) is 0 Å². The van der Waals surface area contributed by atoms with Gasteiger partial charge in [0.25, 0.3) is 0 Å². The zero-order valence-corrected chi connectivity index (χ0v) is 10.8. The molecule has 0 fully saturated rings. The third-order valence-electron chi connectivity index (χ3n) is 2.66. The van der Waals surface area contributed by atoms with Crippen LogP contribution in [0.2, 0.25) is 0 Å². The van der Waals surface area contributed by atoms with Crippen LogP contribution in [0.1, 0.15) is 23.2 Å². The first kappa shape index (κ1) is 15.1. The summed E-state index contributed by atoms with van der Waals surface area (Å²) < 4.78 is 22.7. The maximum absolute atomic E-state index is 13.5. The lowest BCUT2D eigenvalue weighted by Gasteiger charge is -2.10. The number of esters is 1. The Morgan fingerprint density at radius 2 is 2.05 bits per heavy atom. The summed E-state index contributed by atoms with van der Waals surface area (Å²) >= 11 is 0. The van der Waals surface area contributed by atoms with E-state index in [0.717, 1.165) is 6.07 Å². The summed E-state index contributed by atoms with van der Waals surface area (Å²) in [7, 11) is 2.59. The van der Waals surface area contributed by atoms with Gasteiger partial charge in [-0.05, 0) is 24.6 Å². The standard InChI is InChI=1S/C13H16FNO4/c1-18-11-5-3-8(7-9(11)14)13(17)10(15)4-6-12(16)19-2/h3,5,7,10H,4,6,15H2,1-2H3. The number of ether oxygens (including phenoxy) is 2. The van der Waals surface area contributed by atoms with Gasteiger partial charge in [-0.25, -0.2) is 4.39 Å². The number of benzene rings is 1. The van der Waals surface area contributed by atoms with Gasteiger partial charge in [0.05, 0.1) is 20.3 Å². The van der Waals surface area contributed by atoms with Gasteiger partial charge in [-0.3, -0.25) is 9.59 Å². The number of halogens is 1. The predicted octanol–water partition coefficient (Wildman–Crippen LogP) is 1.30. The predicted molar refractivity (Wildman–Crippen MR) is 66.5 cm³/mol. The minimum Gasteiger partial charge on any atom is -0.494 e. The zero-order valence-electron chi connectivity index (χ0n) is 10.8. The van der Waals surface area contributed by atoms with Crippen molar-refractivity contribution < 1.29 is 23.5 Å². The van der Waals surface area contributed by atoms with Crippen LogP contribution in [0.5, 0.6) is 5.75 Å². The van der Waals surface area contributed by atoms with Crippen molar-refractivity contribution in [2.24, 2.45) is 5.73 Å². The molecule has 1 atom stereocenters. The Labute approximate surface area is 110 Å². The Morgan fingerprint density at radius 1 is 1.37 bits per heavy atom. The van der Waals surface area contributed by atoms with Crippen molar-refractivity contribution in [3.63, 3.8) is 0 Å². The molecule has 0 saturated carbocycles. The molecule has 0 aliphatic rings. The molecule has 1 unspecified atom stereocenters. The molecule has 1 rings (SSSR count).